The highest BCUT2D eigenvalue weighted by molar-refractivity contribution is 7.97. The fourth-order valence-corrected chi connectivity index (χ4v) is 8.67. The molecule has 2 heterocycles. The minimum atomic E-state index is -3.64. The highest BCUT2D eigenvalue weighted by Crippen LogP contribution is 2.28. The Bertz CT molecular complexity index is 859. The summed E-state index contributed by atoms with van der Waals surface area (Å²) in [6, 6.07) is 12.1. The van der Waals surface area contributed by atoms with Crippen molar-refractivity contribution in [2.75, 3.05) is 11.5 Å². The lowest BCUT2D eigenvalue weighted by Gasteiger charge is -2.19. The zero-order valence-electron chi connectivity index (χ0n) is 12.3. The average Bonchev–Trinajstić information content (AvgIpc) is 3.14. The Hall–Kier alpha value is -1.22. The van der Waals surface area contributed by atoms with Crippen LogP contribution < -0.4 is 5.32 Å². The normalized spacial score (nSPS) is 23.8. The Labute approximate surface area is 140 Å². The monoisotopic (exact) mass is 371 g/mol. The van der Waals surface area contributed by atoms with E-state index in [0.29, 0.717) is 6.54 Å². The quantitative estimate of drug-likeness (QED) is 0.861. The molecule has 0 spiro atoms. The Morgan fingerprint density at radius 2 is 1.83 bits per heavy atom. The summed E-state index contributed by atoms with van der Waals surface area (Å²) in [5, 5.41) is 3.87. The Kier molecular flexibility index (Phi) is 4.59. The van der Waals surface area contributed by atoms with Crippen LogP contribution in [-0.2, 0) is 26.2 Å². The molecule has 1 aromatic heterocycles. The molecule has 1 fully saturated rings. The van der Waals surface area contributed by atoms with E-state index in [-0.39, 0.29) is 15.7 Å². The van der Waals surface area contributed by atoms with E-state index in [4.69, 9.17) is 0 Å². The first-order valence-corrected chi connectivity index (χ1v) is 11.4. The molecule has 0 amide bonds. The van der Waals surface area contributed by atoms with Crippen LogP contribution in [0.4, 0.5) is 0 Å². The second kappa shape index (κ2) is 6.35. The fraction of sp³-hybridized carbons (Fsp3) is 0.333. The largest absolute Gasteiger partial charge is 0.308 e. The van der Waals surface area contributed by atoms with Gasteiger partial charge >= 0.3 is 0 Å². The van der Waals surface area contributed by atoms with Gasteiger partial charge in [0.1, 0.15) is 4.21 Å². The number of hydrogen-bond acceptors (Lipinski definition) is 6. The maximum absolute atomic E-state index is 12.7. The smallest absolute Gasteiger partial charge is 0.193 e. The molecule has 8 heteroatoms. The zero-order chi connectivity index (χ0) is 16.5. The van der Waals surface area contributed by atoms with Crippen molar-refractivity contribution in [3.8, 4) is 0 Å². The van der Waals surface area contributed by atoms with Crippen molar-refractivity contribution >= 4 is 31.0 Å². The maximum Gasteiger partial charge on any atom is 0.193 e. The SMILES string of the molecule is O=S1(=O)CC(NCc2ccccc2)C(S(=O)(=O)c2cccs2)C1. The van der Waals surface area contributed by atoms with Crippen LogP contribution in [0.15, 0.2) is 52.1 Å². The number of nitrogens with one attached hydrogen (secondary N) is 1. The van der Waals surface area contributed by atoms with Crippen LogP contribution in [0.3, 0.4) is 0 Å². The Balaban J connectivity index is 1.83. The molecule has 0 aliphatic carbocycles. The van der Waals surface area contributed by atoms with Crippen molar-refractivity contribution < 1.29 is 16.8 Å². The minimum Gasteiger partial charge on any atom is -0.308 e. The molecule has 0 bridgehead atoms. The van der Waals surface area contributed by atoms with Gasteiger partial charge in [0.15, 0.2) is 19.7 Å². The summed E-state index contributed by atoms with van der Waals surface area (Å²) in [6.07, 6.45) is 0. The van der Waals surface area contributed by atoms with Crippen LogP contribution >= 0.6 is 11.3 Å². The van der Waals surface area contributed by atoms with Crippen LogP contribution in [0, 0.1) is 0 Å². The van der Waals surface area contributed by atoms with Crippen LogP contribution in [-0.4, -0.2) is 39.6 Å². The van der Waals surface area contributed by atoms with Crippen molar-refractivity contribution in [2.24, 2.45) is 0 Å². The lowest BCUT2D eigenvalue weighted by Crippen LogP contribution is -2.42. The molecule has 2 atom stereocenters. The third-order valence-electron chi connectivity index (χ3n) is 3.89. The maximum atomic E-state index is 12.7. The molecule has 1 aliphatic heterocycles. The van der Waals surface area contributed by atoms with Crippen molar-refractivity contribution in [1.29, 1.82) is 0 Å². The topological polar surface area (TPSA) is 80.3 Å². The van der Waals surface area contributed by atoms with E-state index in [1.54, 1.807) is 11.4 Å². The summed E-state index contributed by atoms with van der Waals surface area (Å²) >= 11 is 1.12. The van der Waals surface area contributed by atoms with Gasteiger partial charge in [0, 0.05) is 12.6 Å². The predicted molar refractivity (Wildman–Crippen MR) is 91.0 cm³/mol. The van der Waals surface area contributed by atoms with Gasteiger partial charge in [-0.25, -0.2) is 16.8 Å². The summed E-state index contributed by atoms with van der Waals surface area (Å²) in [5.41, 5.74) is 0.990. The number of rotatable bonds is 5. The van der Waals surface area contributed by atoms with E-state index in [1.165, 1.54) is 6.07 Å². The molecule has 2 aromatic rings. The van der Waals surface area contributed by atoms with Crippen LogP contribution in [0.1, 0.15) is 5.56 Å². The highest BCUT2D eigenvalue weighted by atomic mass is 32.2. The van der Waals surface area contributed by atoms with Gasteiger partial charge in [0.2, 0.25) is 0 Å². The van der Waals surface area contributed by atoms with Gasteiger partial charge in [-0.15, -0.1) is 11.3 Å². The van der Waals surface area contributed by atoms with Crippen LogP contribution in [0.25, 0.3) is 0 Å². The molecular formula is C15H17NO4S3. The van der Waals surface area contributed by atoms with Gasteiger partial charge in [0.25, 0.3) is 0 Å². The average molecular weight is 372 g/mol. The molecule has 3 rings (SSSR count). The summed E-state index contributed by atoms with van der Waals surface area (Å²) in [7, 11) is -7.00. The Morgan fingerprint density at radius 1 is 1.09 bits per heavy atom. The van der Waals surface area contributed by atoms with Crippen molar-refractivity contribution in [3.63, 3.8) is 0 Å². The summed E-state index contributed by atoms with van der Waals surface area (Å²) < 4.78 is 49.6. The lowest BCUT2D eigenvalue weighted by molar-refractivity contribution is 0.527. The molecule has 124 valence electrons. The van der Waals surface area contributed by atoms with Crippen LogP contribution in [0.5, 0.6) is 0 Å². The van der Waals surface area contributed by atoms with Gasteiger partial charge < -0.3 is 5.32 Å². The van der Waals surface area contributed by atoms with Crippen molar-refractivity contribution in [1.82, 2.24) is 5.32 Å². The first-order chi connectivity index (χ1) is 10.9. The summed E-state index contributed by atoms with van der Waals surface area (Å²) in [6.45, 7) is 0.442. The molecule has 5 nitrogen and oxygen atoms in total. The highest BCUT2D eigenvalue weighted by Gasteiger charge is 2.45. The summed E-state index contributed by atoms with van der Waals surface area (Å²) in [5.74, 6) is -0.463. The lowest BCUT2D eigenvalue weighted by atomic mass is 10.2. The van der Waals surface area contributed by atoms with Gasteiger partial charge in [0.05, 0.1) is 16.8 Å². The molecule has 0 radical (unpaired) electrons. The number of thiophene rings is 1. The van der Waals surface area contributed by atoms with Crippen molar-refractivity contribution in [2.45, 2.75) is 22.0 Å². The Morgan fingerprint density at radius 3 is 2.48 bits per heavy atom. The van der Waals surface area contributed by atoms with E-state index < -0.39 is 31.0 Å². The first-order valence-electron chi connectivity index (χ1n) is 7.14. The second-order valence-electron chi connectivity index (χ2n) is 5.57. The fourth-order valence-electron chi connectivity index (χ4n) is 2.73. The van der Waals surface area contributed by atoms with E-state index in [9.17, 15) is 16.8 Å². The van der Waals surface area contributed by atoms with Gasteiger partial charge in [-0.3, -0.25) is 0 Å². The van der Waals surface area contributed by atoms with E-state index in [2.05, 4.69) is 5.32 Å². The van der Waals surface area contributed by atoms with Crippen molar-refractivity contribution in [3.05, 3.63) is 53.4 Å². The molecule has 23 heavy (non-hydrogen) atoms. The molecular weight excluding hydrogens is 354 g/mol. The number of hydrogen-bond donors (Lipinski definition) is 1. The molecule has 2 unspecified atom stereocenters. The number of sulfone groups is 2. The molecule has 1 aliphatic rings. The zero-order valence-corrected chi connectivity index (χ0v) is 14.7. The second-order valence-corrected chi connectivity index (χ2v) is 11.1. The minimum absolute atomic E-state index is 0.144. The third kappa shape index (κ3) is 3.65. The molecule has 1 N–H and O–H groups in total. The molecule has 1 saturated heterocycles. The van der Waals surface area contributed by atoms with Gasteiger partial charge in [-0.05, 0) is 17.0 Å². The van der Waals surface area contributed by atoms with Crippen LogP contribution in [0.2, 0.25) is 0 Å². The third-order valence-corrected chi connectivity index (χ3v) is 9.47. The van der Waals surface area contributed by atoms with E-state index >= 15 is 0 Å². The molecule has 1 aromatic carbocycles. The predicted octanol–water partition coefficient (Wildman–Crippen LogP) is 1.48. The number of benzene rings is 1. The van der Waals surface area contributed by atoms with Gasteiger partial charge in [-0.1, -0.05) is 36.4 Å². The summed E-state index contributed by atoms with van der Waals surface area (Å²) in [4.78, 5) is 0. The standard InChI is InChI=1S/C15H17NO4S3/c17-22(18)10-13(16-9-12-5-2-1-3-6-12)14(11-22)23(19,20)15-7-4-8-21-15/h1-8,13-14,16H,9-11H2. The van der Waals surface area contributed by atoms with E-state index in [1.807, 2.05) is 30.3 Å². The van der Waals surface area contributed by atoms with Gasteiger partial charge in [-0.2, -0.15) is 0 Å². The molecule has 0 saturated carbocycles. The first kappa shape index (κ1) is 16.6. The van der Waals surface area contributed by atoms with E-state index in [0.717, 1.165) is 16.9 Å².